The molecule has 4 nitrogen and oxygen atoms in total. The average molecular weight is 239 g/mol. The molecule has 0 amide bonds. The summed E-state index contributed by atoms with van der Waals surface area (Å²) in [6.45, 7) is 1.84. The lowest BCUT2D eigenvalue weighted by Crippen LogP contribution is -2.18. The fourth-order valence-corrected chi connectivity index (χ4v) is 2.15. The number of rotatable bonds is 1. The van der Waals surface area contributed by atoms with Gasteiger partial charge in [-0.15, -0.1) is 0 Å². The smallest absolute Gasteiger partial charge is 0.253 e. The topological polar surface area (TPSA) is 50.7 Å². The minimum absolute atomic E-state index is 0.0270. The Morgan fingerprint density at radius 2 is 2.17 bits per heavy atom. The van der Waals surface area contributed by atoms with Gasteiger partial charge < -0.3 is 9.55 Å². The van der Waals surface area contributed by atoms with Crippen molar-refractivity contribution in [2.24, 2.45) is 7.05 Å². The molecule has 0 unspecified atom stereocenters. The predicted molar refractivity (Wildman–Crippen MR) is 71.5 cm³/mol. The van der Waals surface area contributed by atoms with Gasteiger partial charge in [0, 0.05) is 36.3 Å². The van der Waals surface area contributed by atoms with E-state index >= 15 is 0 Å². The zero-order valence-corrected chi connectivity index (χ0v) is 10.3. The third kappa shape index (κ3) is 1.54. The number of nitrogens with zero attached hydrogens (tertiary/aromatic N) is 2. The Hall–Kier alpha value is -2.36. The summed E-state index contributed by atoms with van der Waals surface area (Å²) in [4.78, 5) is 19.5. The van der Waals surface area contributed by atoms with Crippen molar-refractivity contribution in [3.05, 3.63) is 52.6 Å². The van der Waals surface area contributed by atoms with E-state index in [1.165, 1.54) is 0 Å². The molecule has 18 heavy (non-hydrogen) atoms. The van der Waals surface area contributed by atoms with Gasteiger partial charge in [0.2, 0.25) is 0 Å². The van der Waals surface area contributed by atoms with Crippen molar-refractivity contribution in [3.63, 3.8) is 0 Å². The van der Waals surface area contributed by atoms with Crippen LogP contribution in [0.5, 0.6) is 0 Å². The Bertz CT molecular complexity index is 750. The maximum atomic E-state index is 11.9. The molecule has 0 atom stereocenters. The van der Waals surface area contributed by atoms with Gasteiger partial charge >= 0.3 is 0 Å². The molecule has 3 heterocycles. The normalized spacial score (nSPS) is 11.0. The molecule has 0 saturated carbocycles. The second kappa shape index (κ2) is 3.84. The average Bonchev–Trinajstić information content (AvgIpc) is 2.79. The van der Waals surface area contributed by atoms with Gasteiger partial charge in [0.15, 0.2) is 0 Å². The van der Waals surface area contributed by atoms with Crippen LogP contribution in [0.15, 0.2) is 41.5 Å². The highest BCUT2D eigenvalue weighted by Gasteiger charge is 2.09. The third-order valence-electron chi connectivity index (χ3n) is 3.19. The lowest BCUT2D eigenvalue weighted by atomic mass is 10.1. The first kappa shape index (κ1) is 10.8. The largest absolute Gasteiger partial charge is 0.353 e. The molecule has 0 fully saturated rings. The number of pyridine rings is 2. The summed E-state index contributed by atoms with van der Waals surface area (Å²) in [7, 11) is 1.76. The van der Waals surface area contributed by atoms with E-state index in [0.29, 0.717) is 0 Å². The fraction of sp³-hybridized carbons (Fsp3) is 0.143. The molecule has 3 rings (SSSR count). The molecule has 0 aliphatic carbocycles. The Kier molecular flexibility index (Phi) is 2.30. The molecule has 0 radical (unpaired) electrons. The van der Waals surface area contributed by atoms with Crippen molar-refractivity contribution in [3.8, 4) is 11.3 Å². The summed E-state index contributed by atoms with van der Waals surface area (Å²) < 4.78 is 1.58. The first-order valence-corrected chi connectivity index (χ1v) is 5.77. The van der Waals surface area contributed by atoms with Crippen LogP contribution in [0.3, 0.4) is 0 Å². The van der Waals surface area contributed by atoms with E-state index in [1.54, 1.807) is 24.0 Å². The van der Waals surface area contributed by atoms with Gasteiger partial charge in [-0.25, -0.2) is 0 Å². The lowest BCUT2D eigenvalue weighted by Gasteiger charge is -2.04. The summed E-state index contributed by atoms with van der Waals surface area (Å²) in [5.41, 5.74) is 4.51. The van der Waals surface area contributed by atoms with Gasteiger partial charge in [-0.05, 0) is 31.2 Å². The highest BCUT2D eigenvalue weighted by Crippen LogP contribution is 2.23. The number of aryl methyl sites for hydroxylation is 1. The number of H-pyrrole nitrogens is 1. The Morgan fingerprint density at radius 3 is 2.94 bits per heavy atom. The minimum Gasteiger partial charge on any atom is -0.353 e. The summed E-state index contributed by atoms with van der Waals surface area (Å²) >= 11 is 0. The van der Waals surface area contributed by atoms with E-state index in [0.717, 1.165) is 27.9 Å². The van der Waals surface area contributed by atoms with Gasteiger partial charge in [0.1, 0.15) is 0 Å². The molecule has 1 N–H and O–H groups in total. The monoisotopic (exact) mass is 239 g/mol. The van der Waals surface area contributed by atoms with Crippen molar-refractivity contribution in [1.29, 1.82) is 0 Å². The molecular weight excluding hydrogens is 226 g/mol. The van der Waals surface area contributed by atoms with Crippen LogP contribution in [-0.4, -0.2) is 14.5 Å². The number of hydrogen-bond acceptors (Lipinski definition) is 2. The Labute approximate surface area is 104 Å². The van der Waals surface area contributed by atoms with Crippen molar-refractivity contribution in [2.45, 2.75) is 6.92 Å². The minimum atomic E-state index is 0.0270. The second-order valence-electron chi connectivity index (χ2n) is 4.39. The number of aromatic amines is 1. The summed E-state index contributed by atoms with van der Waals surface area (Å²) in [5, 5.41) is 0. The van der Waals surface area contributed by atoms with Crippen molar-refractivity contribution >= 4 is 11.0 Å². The number of nitrogens with one attached hydrogen (secondary N) is 1. The number of hydrogen-bond donors (Lipinski definition) is 1. The van der Waals surface area contributed by atoms with Gasteiger partial charge in [0.05, 0.1) is 11.0 Å². The molecule has 0 aliphatic rings. The SMILES string of the molecule is Cc1c(-c2cc3ncccc3[nH]2)ccn(C)c1=O. The first-order valence-electron chi connectivity index (χ1n) is 5.77. The summed E-state index contributed by atoms with van der Waals surface area (Å²) in [6, 6.07) is 7.78. The van der Waals surface area contributed by atoms with Crippen LogP contribution in [0.4, 0.5) is 0 Å². The standard InChI is InChI=1S/C14H13N3O/c1-9-10(5-7-17(2)14(9)18)12-8-13-11(16-12)4-3-6-15-13/h3-8,16H,1-2H3. The zero-order valence-electron chi connectivity index (χ0n) is 10.3. The first-order chi connectivity index (χ1) is 8.66. The highest BCUT2D eigenvalue weighted by atomic mass is 16.1. The fourth-order valence-electron chi connectivity index (χ4n) is 2.15. The van der Waals surface area contributed by atoms with E-state index in [4.69, 9.17) is 0 Å². The molecule has 90 valence electrons. The van der Waals surface area contributed by atoms with Crippen molar-refractivity contribution < 1.29 is 0 Å². The predicted octanol–water partition coefficient (Wildman–Crippen LogP) is 2.24. The van der Waals surface area contributed by atoms with E-state index in [1.807, 2.05) is 31.2 Å². The van der Waals surface area contributed by atoms with Crippen LogP contribution in [0.2, 0.25) is 0 Å². The van der Waals surface area contributed by atoms with Crippen LogP contribution in [-0.2, 0) is 7.05 Å². The van der Waals surface area contributed by atoms with Crippen LogP contribution in [0.1, 0.15) is 5.56 Å². The molecule has 3 aromatic rings. The van der Waals surface area contributed by atoms with Gasteiger partial charge in [-0.3, -0.25) is 9.78 Å². The Balaban J connectivity index is 2.26. The quantitative estimate of drug-likeness (QED) is 0.708. The van der Waals surface area contributed by atoms with E-state index in [2.05, 4.69) is 9.97 Å². The number of aromatic nitrogens is 3. The second-order valence-corrected chi connectivity index (χ2v) is 4.39. The molecule has 3 aromatic heterocycles. The maximum absolute atomic E-state index is 11.9. The number of fused-ring (bicyclic) bond motifs is 1. The molecule has 0 bridgehead atoms. The van der Waals surface area contributed by atoms with Crippen molar-refractivity contribution in [1.82, 2.24) is 14.5 Å². The molecular formula is C14H13N3O. The molecule has 4 heteroatoms. The summed E-state index contributed by atoms with van der Waals surface area (Å²) in [5.74, 6) is 0. The molecule has 0 spiro atoms. The third-order valence-corrected chi connectivity index (χ3v) is 3.19. The zero-order chi connectivity index (χ0) is 12.7. The van der Waals surface area contributed by atoms with Gasteiger partial charge in [-0.1, -0.05) is 0 Å². The van der Waals surface area contributed by atoms with Crippen LogP contribution in [0, 0.1) is 6.92 Å². The van der Waals surface area contributed by atoms with Gasteiger partial charge in [-0.2, -0.15) is 0 Å². The van der Waals surface area contributed by atoms with E-state index in [9.17, 15) is 4.79 Å². The molecule has 0 aliphatic heterocycles. The van der Waals surface area contributed by atoms with Crippen LogP contribution >= 0.6 is 0 Å². The van der Waals surface area contributed by atoms with Crippen LogP contribution < -0.4 is 5.56 Å². The molecule has 0 aromatic carbocycles. The van der Waals surface area contributed by atoms with E-state index in [-0.39, 0.29) is 5.56 Å². The van der Waals surface area contributed by atoms with Crippen molar-refractivity contribution in [2.75, 3.05) is 0 Å². The highest BCUT2D eigenvalue weighted by molar-refractivity contribution is 5.82. The summed E-state index contributed by atoms with van der Waals surface area (Å²) in [6.07, 6.45) is 3.54. The van der Waals surface area contributed by atoms with Gasteiger partial charge in [0.25, 0.3) is 5.56 Å². The lowest BCUT2D eigenvalue weighted by molar-refractivity contribution is 0.849. The molecule has 0 saturated heterocycles. The Morgan fingerprint density at radius 1 is 1.33 bits per heavy atom. The van der Waals surface area contributed by atoms with Crippen LogP contribution in [0.25, 0.3) is 22.3 Å². The van der Waals surface area contributed by atoms with E-state index < -0.39 is 0 Å². The maximum Gasteiger partial charge on any atom is 0.253 e.